The Balaban J connectivity index is 2.50. The van der Waals surface area contributed by atoms with E-state index in [1.807, 2.05) is 20.8 Å². The highest BCUT2D eigenvalue weighted by Crippen LogP contribution is 2.19. The van der Waals surface area contributed by atoms with Crippen molar-refractivity contribution in [3.63, 3.8) is 0 Å². The molecule has 0 aliphatic heterocycles. The second-order valence-corrected chi connectivity index (χ2v) is 5.90. The first-order chi connectivity index (χ1) is 7.84. The summed E-state index contributed by atoms with van der Waals surface area (Å²) in [6, 6.07) is 0. The molecule has 0 bridgehead atoms. The monoisotopic (exact) mass is 257 g/mol. The zero-order valence-corrected chi connectivity index (χ0v) is 11.4. The lowest BCUT2D eigenvalue weighted by Gasteiger charge is -2.25. The van der Waals surface area contributed by atoms with Crippen LogP contribution in [0.25, 0.3) is 0 Å². The Morgan fingerprint density at radius 3 is 2.71 bits per heavy atom. The van der Waals surface area contributed by atoms with Crippen molar-refractivity contribution in [3.05, 3.63) is 11.1 Å². The Hall–Kier alpha value is -1.14. The lowest BCUT2D eigenvalue weighted by Crippen LogP contribution is -2.39. The van der Waals surface area contributed by atoms with Crippen LogP contribution >= 0.6 is 11.3 Å². The molecule has 1 rings (SSSR count). The van der Waals surface area contributed by atoms with E-state index in [0.29, 0.717) is 10.0 Å². The summed E-state index contributed by atoms with van der Waals surface area (Å²) >= 11 is 1.28. The van der Waals surface area contributed by atoms with Gasteiger partial charge < -0.3 is 15.7 Å². The maximum atomic E-state index is 11.7. The highest BCUT2D eigenvalue weighted by molar-refractivity contribution is 7.17. The first-order valence-electron chi connectivity index (χ1n) is 5.44. The Morgan fingerprint density at radius 2 is 2.24 bits per heavy atom. The molecule has 1 amide bonds. The summed E-state index contributed by atoms with van der Waals surface area (Å²) in [7, 11) is 1.75. The van der Waals surface area contributed by atoms with Crippen LogP contribution in [0.3, 0.4) is 0 Å². The highest BCUT2D eigenvalue weighted by atomic mass is 32.1. The fourth-order valence-electron chi connectivity index (χ4n) is 1.08. The number of nitrogens with one attached hydrogen (secondary N) is 2. The molecule has 1 unspecified atom stereocenters. The van der Waals surface area contributed by atoms with Gasteiger partial charge in [-0.3, -0.25) is 4.79 Å². The SMILES string of the molecule is CNc1ncc(C(=O)NCC(O)C(C)(C)C)s1. The van der Waals surface area contributed by atoms with Crippen LogP contribution in [0.1, 0.15) is 30.4 Å². The molecule has 6 heteroatoms. The number of rotatable bonds is 4. The Bertz CT molecular complexity index is 384. The van der Waals surface area contributed by atoms with E-state index >= 15 is 0 Å². The molecule has 1 heterocycles. The minimum atomic E-state index is -0.567. The van der Waals surface area contributed by atoms with Gasteiger partial charge in [-0.2, -0.15) is 0 Å². The van der Waals surface area contributed by atoms with E-state index < -0.39 is 6.10 Å². The van der Waals surface area contributed by atoms with Gasteiger partial charge in [-0.1, -0.05) is 32.1 Å². The molecule has 1 aromatic rings. The van der Waals surface area contributed by atoms with Crippen molar-refractivity contribution in [2.24, 2.45) is 5.41 Å². The number of hydrogen-bond acceptors (Lipinski definition) is 5. The lowest BCUT2D eigenvalue weighted by atomic mass is 9.89. The Kier molecular flexibility index (Phi) is 4.47. The summed E-state index contributed by atoms with van der Waals surface area (Å²) in [5.41, 5.74) is -0.239. The van der Waals surface area contributed by atoms with E-state index in [4.69, 9.17) is 0 Å². The fourth-order valence-corrected chi connectivity index (χ4v) is 1.76. The largest absolute Gasteiger partial charge is 0.391 e. The number of aliphatic hydroxyl groups excluding tert-OH is 1. The number of carbonyl (C=O) groups is 1. The third kappa shape index (κ3) is 3.98. The highest BCUT2D eigenvalue weighted by Gasteiger charge is 2.22. The van der Waals surface area contributed by atoms with Gasteiger partial charge in [-0.15, -0.1) is 0 Å². The van der Waals surface area contributed by atoms with E-state index in [1.165, 1.54) is 17.5 Å². The third-order valence-electron chi connectivity index (χ3n) is 2.40. The second-order valence-electron chi connectivity index (χ2n) is 4.87. The van der Waals surface area contributed by atoms with Gasteiger partial charge in [0, 0.05) is 13.6 Å². The van der Waals surface area contributed by atoms with Crippen molar-refractivity contribution in [2.75, 3.05) is 18.9 Å². The molecule has 0 fully saturated rings. The normalized spacial score (nSPS) is 13.2. The number of amides is 1. The zero-order chi connectivity index (χ0) is 13.1. The van der Waals surface area contributed by atoms with Crippen LogP contribution in [0, 0.1) is 5.41 Å². The van der Waals surface area contributed by atoms with Crippen molar-refractivity contribution in [3.8, 4) is 0 Å². The molecule has 3 N–H and O–H groups in total. The van der Waals surface area contributed by atoms with Gasteiger partial charge in [0.1, 0.15) is 4.88 Å². The van der Waals surface area contributed by atoms with E-state index in [0.717, 1.165) is 0 Å². The first kappa shape index (κ1) is 13.9. The summed E-state index contributed by atoms with van der Waals surface area (Å²) < 4.78 is 0. The van der Waals surface area contributed by atoms with Crippen molar-refractivity contribution >= 4 is 22.4 Å². The number of thiazole rings is 1. The van der Waals surface area contributed by atoms with Gasteiger partial charge in [0.15, 0.2) is 5.13 Å². The van der Waals surface area contributed by atoms with E-state index in [1.54, 1.807) is 7.05 Å². The molecule has 96 valence electrons. The average Bonchev–Trinajstić information content (AvgIpc) is 2.72. The predicted molar refractivity (Wildman–Crippen MR) is 69.5 cm³/mol. The number of aliphatic hydroxyl groups is 1. The van der Waals surface area contributed by atoms with Gasteiger partial charge in [-0.25, -0.2) is 4.98 Å². The molecule has 0 radical (unpaired) electrons. The first-order valence-corrected chi connectivity index (χ1v) is 6.26. The van der Waals surface area contributed by atoms with Gasteiger partial charge >= 0.3 is 0 Å². The molecular formula is C11H19N3O2S. The maximum Gasteiger partial charge on any atom is 0.263 e. The topological polar surface area (TPSA) is 74.2 Å². The number of anilines is 1. The molecule has 1 aromatic heterocycles. The number of carbonyl (C=O) groups excluding carboxylic acids is 1. The third-order valence-corrected chi connectivity index (χ3v) is 3.41. The van der Waals surface area contributed by atoms with Crippen molar-refractivity contribution in [1.82, 2.24) is 10.3 Å². The maximum absolute atomic E-state index is 11.7. The quantitative estimate of drug-likeness (QED) is 0.760. The van der Waals surface area contributed by atoms with Crippen LogP contribution in [-0.4, -0.2) is 35.7 Å². The molecule has 0 saturated heterocycles. The summed E-state index contributed by atoms with van der Waals surface area (Å²) in [4.78, 5) is 16.3. The van der Waals surface area contributed by atoms with E-state index in [9.17, 15) is 9.90 Å². The molecule has 0 aromatic carbocycles. The lowest BCUT2D eigenvalue weighted by molar-refractivity contribution is 0.0588. The molecular weight excluding hydrogens is 238 g/mol. The number of nitrogens with zero attached hydrogens (tertiary/aromatic N) is 1. The molecule has 0 aliphatic carbocycles. The zero-order valence-electron chi connectivity index (χ0n) is 10.6. The van der Waals surface area contributed by atoms with Crippen molar-refractivity contribution in [2.45, 2.75) is 26.9 Å². The average molecular weight is 257 g/mol. The van der Waals surface area contributed by atoms with Gasteiger partial charge in [-0.05, 0) is 5.41 Å². The van der Waals surface area contributed by atoms with Crippen molar-refractivity contribution in [1.29, 1.82) is 0 Å². The summed E-state index contributed by atoms with van der Waals surface area (Å²) in [6.07, 6.45) is 0.957. The minimum absolute atomic E-state index is 0.202. The van der Waals surface area contributed by atoms with Gasteiger partial charge in [0.05, 0.1) is 12.3 Å². The van der Waals surface area contributed by atoms with Crippen molar-refractivity contribution < 1.29 is 9.90 Å². The van der Waals surface area contributed by atoms with Crippen LogP contribution in [0.15, 0.2) is 6.20 Å². The molecule has 0 saturated carbocycles. The standard InChI is InChI=1S/C11H19N3O2S/c1-11(2,3)8(15)6-13-9(16)7-5-14-10(12-4)17-7/h5,8,15H,6H2,1-4H3,(H,12,14)(H,13,16). The molecule has 17 heavy (non-hydrogen) atoms. The molecule has 0 aliphatic rings. The number of hydrogen-bond donors (Lipinski definition) is 3. The van der Waals surface area contributed by atoms with Gasteiger partial charge in [0.25, 0.3) is 5.91 Å². The molecule has 0 spiro atoms. The summed E-state index contributed by atoms with van der Waals surface area (Å²) in [6.45, 7) is 6.02. The van der Waals surface area contributed by atoms with Crippen LogP contribution in [0.5, 0.6) is 0 Å². The smallest absolute Gasteiger partial charge is 0.263 e. The second kappa shape index (κ2) is 5.46. The van der Waals surface area contributed by atoms with E-state index in [-0.39, 0.29) is 17.9 Å². The number of aromatic nitrogens is 1. The Labute approximate surface area is 105 Å². The van der Waals surface area contributed by atoms with E-state index in [2.05, 4.69) is 15.6 Å². The van der Waals surface area contributed by atoms with Crippen LogP contribution in [0.2, 0.25) is 0 Å². The fraction of sp³-hybridized carbons (Fsp3) is 0.636. The van der Waals surface area contributed by atoms with Crippen LogP contribution < -0.4 is 10.6 Å². The van der Waals surface area contributed by atoms with Crippen LogP contribution in [-0.2, 0) is 0 Å². The summed E-state index contributed by atoms with van der Waals surface area (Å²) in [5, 5.41) is 16.1. The summed E-state index contributed by atoms with van der Waals surface area (Å²) in [5.74, 6) is -0.202. The molecule has 5 nitrogen and oxygen atoms in total. The Morgan fingerprint density at radius 1 is 1.59 bits per heavy atom. The van der Waals surface area contributed by atoms with Crippen LogP contribution in [0.4, 0.5) is 5.13 Å². The predicted octanol–water partition coefficient (Wildman–Crippen LogP) is 1.32. The minimum Gasteiger partial charge on any atom is -0.391 e. The van der Waals surface area contributed by atoms with Gasteiger partial charge in [0.2, 0.25) is 0 Å². The molecule has 1 atom stereocenters.